The van der Waals surface area contributed by atoms with Crippen molar-refractivity contribution in [3.8, 4) is 0 Å². The third-order valence-electron chi connectivity index (χ3n) is 7.12. The molecule has 1 atom stereocenters. The van der Waals surface area contributed by atoms with E-state index in [0.717, 1.165) is 75.0 Å². The molecule has 8 nitrogen and oxygen atoms in total. The number of hydrogen-bond acceptors (Lipinski definition) is 6. The second-order valence-corrected chi connectivity index (χ2v) is 9.33. The second-order valence-electron chi connectivity index (χ2n) is 9.33. The standard InChI is InChI=1S/C25H32N6O2/c1-17(32)30-13-9-19(15-30)24-27-22-10-12-29(16-21(22)25(26-2)28-24)14-18-5-7-20(8-6-18)31-11-3-4-23(31)33/h5-8,19H,3-4,9-16H2,1-2H3,(H,26,27,28)/t19-/m1/s1. The number of hydrogen-bond donors (Lipinski definition) is 1. The van der Waals surface area contributed by atoms with Gasteiger partial charge in [-0.3, -0.25) is 14.5 Å². The molecule has 5 rings (SSSR count). The van der Waals surface area contributed by atoms with Crippen molar-refractivity contribution in [2.75, 3.05) is 43.4 Å². The summed E-state index contributed by atoms with van der Waals surface area (Å²) in [5.74, 6) is 2.33. The van der Waals surface area contributed by atoms with Crippen LogP contribution in [-0.2, 0) is 29.1 Å². The molecule has 3 aliphatic heterocycles. The highest BCUT2D eigenvalue weighted by molar-refractivity contribution is 5.95. The van der Waals surface area contributed by atoms with Gasteiger partial charge < -0.3 is 15.1 Å². The Morgan fingerprint density at radius 3 is 2.61 bits per heavy atom. The number of rotatable bonds is 5. The second kappa shape index (κ2) is 9.09. The van der Waals surface area contributed by atoms with Gasteiger partial charge in [0.05, 0.1) is 5.69 Å². The van der Waals surface area contributed by atoms with Crippen molar-refractivity contribution in [3.63, 3.8) is 0 Å². The molecular formula is C25H32N6O2. The summed E-state index contributed by atoms with van der Waals surface area (Å²) in [6.45, 7) is 6.56. The number of benzene rings is 1. The summed E-state index contributed by atoms with van der Waals surface area (Å²) in [5.41, 5.74) is 4.55. The molecule has 33 heavy (non-hydrogen) atoms. The Labute approximate surface area is 195 Å². The fourth-order valence-electron chi connectivity index (χ4n) is 5.23. The first-order valence-electron chi connectivity index (χ1n) is 12.0. The van der Waals surface area contributed by atoms with Gasteiger partial charge in [0.15, 0.2) is 0 Å². The van der Waals surface area contributed by atoms with Gasteiger partial charge in [-0.1, -0.05) is 12.1 Å². The van der Waals surface area contributed by atoms with Crippen LogP contribution < -0.4 is 10.2 Å². The van der Waals surface area contributed by atoms with Crippen molar-refractivity contribution in [2.24, 2.45) is 0 Å². The third-order valence-corrected chi connectivity index (χ3v) is 7.12. The largest absolute Gasteiger partial charge is 0.373 e. The summed E-state index contributed by atoms with van der Waals surface area (Å²) in [7, 11) is 1.92. The van der Waals surface area contributed by atoms with Gasteiger partial charge >= 0.3 is 0 Å². The minimum absolute atomic E-state index is 0.125. The summed E-state index contributed by atoms with van der Waals surface area (Å²) in [4.78, 5) is 39.7. The highest BCUT2D eigenvalue weighted by atomic mass is 16.2. The van der Waals surface area contributed by atoms with Crippen molar-refractivity contribution >= 4 is 23.3 Å². The smallest absolute Gasteiger partial charge is 0.227 e. The molecular weight excluding hydrogens is 416 g/mol. The SMILES string of the molecule is CNc1nc([C@@H]2CCN(C(C)=O)C2)nc2c1CN(Cc1ccc(N3CCCC3=O)cc1)CC2. The lowest BCUT2D eigenvalue weighted by atomic mass is 10.0. The molecule has 4 heterocycles. The quantitative estimate of drug-likeness (QED) is 0.757. The maximum absolute atomic E-state index is 12.0. The molecule has 8 heteroatoms. The Morgan fingerprint density at radius 2 is 1.94 bits per heavy atom. The van der Waals surface area contributed by atoms with Crippen molar-refractivity contribution in [3.05, 3.63) is 46.9 Å². The molecule has 0 unspecified atom stereocenters. The lowest BCUT2D eigenvalue weighted by Gasteiger charge is -2.30. The Kier molecular flexibility index (Phi) is 6.01. The molecule has 2 amide bonds. The lowest BCUT2D eigenvalue weighted by Crippen LogP contribution is -2.32. The Morgan fingerprint density at radius 1 is 1.12 bits per heavy atom. The number of nitrogens with one attached hydrogen (secondary N) is 1. The first-order valence-corrected chi connectivity index (χ1v) is 12.0. The summed E-state index contributed by atoms with van der Waals surface area (Å²) in [6.07, 6.45) is 3.42. The molecule has 0 saturated carbocycles. The van der Waals surface area contributed by atoms with E-state index in [4.69, 9.17) is 9.97 Å². The van der Waals surface area contributed by atoms with Gasteiger partial charge in [0.2, 0.25) is 11.8 Å². The molecule has 3 aliphatic rings. The molecule has 1 aromatic heterocycles. The zero-order valence-electron chi connectivity index (χ0n) is 19.5. The van der Waals surface area contributed by atoms with Gasteiger partial charge in [0.25, 0.3) is 0 Å². The van der Waals surface area contributed by atoms with E-state index in [2.05, 4.69) is 34.5 Å². The first-order chi connectivity index (χ1) is 16.0. The molecule has 1 N–H and O–H groups in total. The van der Waals surface area contributed by atoms with Crippen LogP contribution in [0.1, 0.15) is 54.7 Å². The highest BCUT2D eigenvalue weighted by Gasteiger charge is 2.30. The van der Waals surface area contributed by atoms with Crippen molar-refractivity contribution in [2.45, 2.75) is 51.6 Å². The van der Waals surface area contributed by atoms with E-state index in [1.807, 2.05) is 16.8 Å². The molecule has 0 bridgehead atoms. The van der Waals surface area contributed by atoms with Gasteiger partial charge in [-0.25, -0.2) is 9.97 Å². The predicted molar refractivity (Wildman–Crippen MR) is 127 cm³/mol. The lowest BCUT2D eigenvalue weighted by molar-refractivity contribution is -0.127. The number of fused-ring (bicyclic) bond motifs is 1. The number of carbonyl (C=O) groups excluding carboxylic acids is 2. The average molecular weight is 449 g/mol. The summed E-state index contributed by atoms with van der Waals surface area (Å²) in [5, 5.41) is 3.28. The zero-order chi connectivity index (χ0) is 22.9. The van der Waals surface area contributed by atoms with E-state index in [1.54, 1.807) is 6.92 Å². The average Bonchev–Trinajstić information content (AvgIpc) is 3.48. The fraction of sp³-hybridized carbons (Fsp3) is 0.520. The Hall–Kier alpha value is -3.00. The molecule has 174 valence electrons. The fourth-order valence-corrected chi connectivity index (χ4v) is 5.23. The first kappa shape index (κ1) is 21.8. The van der Waals surface area contributed by atoms with Crippen LogP contribution in [0.25, 0.3) is 0 Å². The Balaban J connectivity index is 1.27. The molecule has 0 radical (unpaired) electrons. The minimum atomic E-state index is 0.125. The molecule has 2 saturated heterocycles. The Bertz CT molecular complexity index is 1040. The van der Waals surface area contributed by atoms with Gasteiger partial charge in [0.1, 0.15) is 11.6 Å². The van der Waals surface area contributed by atoms with Crippen LogP contribution in [0.3, 0.4) is 0 Å². The normalized spacial score (nSPS) is 20.9. The maximum atomic E-state index is 12.0. The van der Waals surface area contributed by atoms with Crippen LogP contribution in [0, 0.1) is 0 Å². The number of amides is 2. The third kappa shape index (κ3) is 4.44. The van der Waals surface area contributed by atoms with Crippen molar-refractivity contribution < 1.29 is 9.59 Å². The minimum Gasteiger partial charge on any atom is -0.373 e. The monoisotopic (exact) mass is 448 g/mol. The summed E-state index contributed by atoms with van der Waals surface area (Å²) in [6, 6.07) is 8.40. The molecule has 0 aliphatic carbocycles. The number of carbonyl (C=O) groups is 2. The van der Waals surface area contributed by atoms with Gasteiger partial charge in [-0.2, -0.15) is 0 Å². The van der Waals surface area contributed by atoms with E-state index < -0.39 is 0 Å². The number of nitrogens with zero attached hydrogens (tertiary/aromatic N) is 5. The molecule has 1 aromatic carbocycles. The molecule has 2 aromatic rings. The zero-order valence-corrected chi connectivity index (χ0v) is 19.5. The van der Waals surface area contributed by atoms with Crippen LogP contribution >= 0.6 is 0 Å². The van der Waals surface area contributed by atoms with Gasteiger partial charge in [-0.05, 0) is 30.5 Å². The number of aromatic nitrogens is 2. The van der Waals surface area contributed by atoms with Gasteiger partial charge in [0, 0.05) is 83.3 Å². The molecule has 0 spiro atoms. The van der Waals surface area contributed by atoms with Crippen LogP contribution in [0.4, 0.5) is 11.5 Å². The summed E-state index contributed by atoms with van der Waals surface area (Å²) < 4.78 is 0. The summed E-state index contributed by atoms with van der Waals surface area (Å²) >= 11 is 0. The van der Waals surface area contributed by atoms with Gasteiger partial charge in [-0.15, -0.1) is 0 Å². The van der Waals surface area contributed by atoms with Crippen LogP contribution in [0.2, 0.25) is 0 Å². The highest BCUT2D eigenvalue weighted by Crippen LogP contribution is 2.30. The van der Waals surface area contributed by atoms with E-state index in [1.165, 1.54) is 11.1 Å². The van der Waals surface area contributed by atoms with E-state index in [-0.39, 0.29) is 17.7 Å². The topological polar surface area (TPSA) is 81.7 Å². The van der Waals surface area contributed by atoms with Crippen LogP contribution in [0.5, 0.6) is 0 Å². The predicted octanol–water partition coefficient (Wildman–Crippen LogP) is 2.54. The van der Waals surface area contributed by atoms with Crippen LogP contribution in [0.15, 0.2) is 24.3 Å². The van der Waals surface area contributed by atoms with Crippen molar-refractivity contribution in [1.29, 1.82) is 0 Å². The van der Waals surface area contributed by atoms with E-state index >= 15 is 0 Å². The van der Waals surface area contributed by atoms with E-state index in [9.17, 15) is 9.59 Å². The van der Waals surface area contributed by atoms with Crippen molar-refractivity contribution in [1.82, 2.24) is 19.8 Å². The molecule has 2 fully saturated rings. The van der Waals surface area contributed by atoms with Crippen LogP contribution in [-0.4, -0.2) is 64.8 Å². The maximum Gasteiger partial charge on any atom is 0.227 e. The number of likely N-dealkylation sites (tertiary alicyclic amines) is 1. The van der Waals surface area contributed by atoms with E-state index in [0.29, 0.717) is 13.0 Å². The number of anilines is 2.